The summed E-state index contributed by atoms with van der Waals surface area (Å²) >= 11 is 0. The fourth-order valence-electron chi connectivity index (χ4n) is 3.42. The molecule has 1 fully saturated rings. The Morgan fingerprint density at radius 3 is 2.25 bits per heavy atom. The number of benzene rings is 2. The summed E-state index contributed by atoms with van der Waals surface area (Å²) in [6.07, 6.45) is 3.94. The van der Waals surface area contributed by atoms with Crippen LogP contribution in [0.3, 0.4) is 0 Å². The van der Waals surface area contributed by atoms with E-state index in [1.54, 1.807) is 31.2 Å². The molecule has 0 aliphatic carbocycles. The zero-order chi connectivity index (χ0) is 19.8. The van der Waals surface area contributed by atoms with E-state index in [-0.39, 0.29) is 11.8 Å². The molecule has 5 heteroatoms. The van der Waals surface area contributed by atoms with E-state index in [4.69, 9.17) is 0 Å². The van der Waals surface area contributed by atoms with Crippen LogP contribution in [0.25, 0.3) is 0 Å². The van der Waals surface area contributed by atoms with Crippen LogP contribution in [-0.4, -0.2) is 35.8 Å². The van der Waals surface area contributed by atoms with Crippen molar-refractivity contribution < 1.29 is 9.59 Å². The quantitative estimate of drug-likeness (QED) is 0.777. The molecule has 3 rings (SSSR count). The summed E-state index contributed by atoms with van der Waals surface area (Å²) in [5.74, 6) is -0.438. The van der Waals surface area contributed by atoms with Crippen molar-refractivity contribution >= 4 is 11.8 Å². The highest BCUT2D eigenvalue weighted by atomic mass is 16.2. The molecule has 2 aromatic carbocycles. The lowest BCUT2D eigenvalue weighted by Gasteiger charge is -2.26. The van der Waals surface area contributed by atoms with Crippen molar-refractivity contribution in [3.63, 3.8) is 0 Å². The van der Waals surface area contributed by atoms with E-state index in [1.165, 1.54) is 37.9 Å². The van der Waals surface area contributed by atoms with Crippen LogP contribution in [0.2, 0.25) is 0 Å². The van der Waals surface area contributed by atoms with Crippen LogP contribution in [0.1, 0.15) is 47.7 Å². The van der Waals surface area contributed by atoms with Crippen molar-refractivity contribution in [3.8, 4) is 0 Å². The van der Waals surface area contributed by atoms with Gasteiger partial charge in [0.05, 0.1) is 0 Å². The van der Waals surface area contributed by atoms with E-state index in [2.05, 4.69) is 39.8 Å². The van der Waals surface area contributed by atoms with Gasteiger partial charge >= 0.3 is 0 Å². The first-order valence-corrected chi connectivity index (χ1v) is 10.1. The normalized spacial score (nSPS) is 15.6. The molecule has 1 heterocycles. The Morgan fingerprint density at radius 2 is 1.57 bits per heavy atom. The SMILES string of the molecule is CC(NC(=O)c1ccccc1)C(=O)NCc1ccc(CN2CCCCC2)cc1. The second-order valence-corrected chi connectivity index (χ2v) is 7.43. The molecule has 2 amide bonds. The van der Waals surface area contributed by atoms with Gasteiger partial charge in [0.25, 0.3) is 5.91 Å². The average Bonchev–Trinajstić information content (AvgIpc) is 2.74. The van der Waals surface area contributed by atoms with E-state index in [1.807, 2.05) is 6.07 Å². The minimum Gasteiger partial charge on any atom is -0.350 e. The van der Waals surface area contributed by atoms with E-state index in [9.17, 15) is 9.59 Å². The lowest BCUT2D eigenvalue weighted by molar-refractivity contribution is -0.122. The maximum Gasteiger partial charge on any atom is 0.251 e. The molecule has 2 aromatic rings. The average molecular weight is 380 g/mol. The predicted octanol–water partition coefficient (Wildman–Crippen LogP) is 3.11. The van der Waals surface area contributed by atoms with Gasteiger partial charge in [0.15, 0.2) is 0 Å². The summed E-state index contributed by atoms with van der Waals surface area (Å²) in [5, 5.41) is 5.62. The number of nitrogens with one attached hydrogen (secondary N) is 2. The first-order chi connectivity index (χ1) is 13.6. The van der Waals surface area contributed by atoms with Gasteiger partial charge in [0, 0.05) is 18.7 Å². The molecule has 0 spiro atoms. The van der Waals surface area contributed by atoms with Crippen molar-refractivity contribution in [1.29, 1.82) is 0 Å². The molecule has 1 atom stereocenters. The third-order valence-electron chi connectivity index (χ3n) is 5.12. The zero-order valence-corrected chi connectivity index (χ0v) is 16.5. The Labute approximate surface area is 167 Å². The summed E-state index contributed by atoms with van der Waals surface area (Å²) < 4.78 is 0. The molecule has 1 saturated heterocycles. The van der Waals surface area contributed by atoms with Gasteiger partial charge in [-0.15, -0.1) is 0 Å². The number of hydrogen-bond acceptors (Lipinski definition) is 3. The molecule has 1 aliphatic heterocycles. The van der Waals surface area contributed by atoms with Gasteiger partial charge in [-0.3, -0.25) is 14.5 Å². The molecule has 0 aromatic heterocycles. The third kappa shape index (κ3) is 5.92. The summed E-state index contributed by atoms with van der Waals surface area (Å²) in [7, 11) is 0. The van der Waals surface area contributed by atoms with Gasteiger partial charge in [-0.1, -0.05) is 48.9 Å². The van der Waals surface area contributed by atoms with Crippen molar-refractivity contribution in [1.82, 2.24) is 15.5 Å². The fraction of sp³-hybridized carbons (Fsp3) is 0.391. The van der Waals surface area contributed by atoms with E-state index in [0.29, 0.717) is 12.1 Å². The standard InChI is InChI=1S/C23H29N3O2/c1-18(25-23(28)21-8-4-2-5-9-21)22(27)24-16-19-10-12-20(13-11-19)17-26-14-6-3-7-15-26/h2,4-5,8-13,18H,3,6-7,14-17H2,1H3,(H,24,27)(H,25,28). The van der Waals surface area contributed by atoms with Gasteiger partial charge in [0.2, 0.25) is 5.91 Å². The Balaban J connectivity index is 1.44. The van der Waals surface area contributed by atoms with Crippen molar-refractivity contribution in [2.45, 2.75) is 45.3 Å². The molecule has 5 nitrogen and oxygen atoms in total. The number of rotatable bonds is 7. The number of hydrogen-bond donors (Lipinski definition) is 2. The van der Waals surface area contributed by atoms with Gasteiger partial charge < -0.3 is 10.6 Å². The third-order valence-corrected chi connectivity index (χ3v) is 5.12. The maximum absolute atomic E-state index is 12.3. The Bertz CT molecular complexity index is 768. The lowest BCUT2D eigenvalue weighted by atomic mass is 10.1. The predicted molar refractivity (Wildman–Crippen MR) is 111 cm³/mol. The second kappa shape index (κ2) is 10.0. The van der Waals surface area contributed by atoms with Gasteiger partial charge in [-0.25, -0.2) is 0 Å². The zero-order valence-electron chi connectivity index (χ0n) is 16.5. The highest BCUT2D eigenvalue weighted by Crippen LogP contribution is 2.13. The summed E-state index contributed by atoms with van der Waals surface area (Å²) in [6, 6.07) is 16.7. The van der Waals surface area contributed by atoms with Crippen molar-refractivity contribution in [3.05, 3.63) is 71.3 Å². The lowest BCUT2D eigenvalue weighted by Crippen LogP contribution is -2.44. The summed E-state index contributed by atoms with van der Waals surface area (Å²) in [4.78, 5) is 26.9. The van der Waals surface area contributed by atoms with Crippen LogP contribution in [0, 0.1) is 0 Å². The molecule has 28 heavy (non-hydrogen) atoms. The molecule has 1 aliphatic rings. The molecule has 2 N–H and O–H groups in total. The van der Waals surface area contributed by atoms with E-state index in [0.717, 1.165) is 12.1 Å². The number of nitrogens with zero attached hydrogens (tertiary/aromatic N) is 1. The first kappa shape index (κ1) is 20.1. The minimum absolute atomic E-state index is 0.193. The van der Waals surface area contributed by atoms with Gasteiger partial charge in [-0.05, 0) is 56.1 Å². The Hall–Kier alpha value is -2.66. The van der Waals surface area contributed by atoms with Gasteiger partial charge in [0.1, 0.15) is 6.04 Å². The van der Waals surface area contributed by atoms with Crippen LogP contribution in [0.15, 0.2) is 54.6 Å². The Kier molecular flexibility index (Phi) is 7.20. The first-order valence-electron chi connectivity index (χ1n) is 10.1. The van der Waals surface area contributed by atoms with Crippen LogP contribution < -0.4 is 10.6 Å². The van der Waals surface area contributed by atoms with Crippen LogP contribution in [0.4, 0.5) is 0 Å². The minimum atomic E-state index is -0.592. The summed E-state index contributed by atoms with van der Waals surface area (Å²) in [6.45, 7) is 5.51. The molecule has 1 unspecified atom stereocenters. The molecular weight excluding hydrogens is 350 g/mol. The second-order valence-electron chi connectivity index (χ2n) is 7.43. The molecule has 0 saturated carbocycles. The van der Waals surface area contributed by atoms with Crippen LogP contribution >= 0.6 is 0 Å². The van der Waals surface area contributed by atoms with E-state index >= 15 is 0 Å². The number of piperidine rings is 1. The number of likely N-dealkylation sites (tertiary alicyclic amines) is 1. The van der Waals surface area contributed by atoms with Crippen molar-refractivity contribution in [2.24, 2.45) is 0 Å². The van der Waals surface area contributed by atoms with Gasteiger partial charge in [-0.2, -0.15) is 0 Å². The molecule has 148 valence electrons. The molecule has 0 bridgehead atoms. The molecule has 0 radical (unpaired) electrons. The largest absolute Gasteiger partial charge is 0.350 e. The number of carbonyl (C=O) groups excluding carboxylic acids is 2. The maximum atomic E-state index is 12.3. The smallest absolute Gasteiger partial charge is 0.251 e. The monoisotopic (exact) mass is 379 g/mol. The van der Waals surface area contributed by atoms with Crippen LogP contribution in [-0.2, 0) is 17.9 Å². The molecular formula is C23H29N3O2. The summed E-state index contributed by atoms with van der Waals surface area (Å²) in [5.41, 5.74) is 2.91. The fourth-order valence-corrected chi connectivity index (χ4v) is 3.42. The topological polar surface area (TPSA) is 61.4 Å². The van der Waals surface area contributed by atoms with Crippen molar-refractivity contribution in [2.75, 3.05) is 13.1 Å². The Morgan fingerprint density at radius 1 is 0.929 bits per heavy atom. The van der Waals surface area contributed by atoms with Crippen LogP contribution in [0.5, 0.6) is 0 Å². The number of carbonyl (C=O) groups is 2. The van der Waals surface area contributed by atoms with E-state index < -0.39 is 6.04 Å². The highest BCUT2D eigenvalue weighted by Gasteiger charge is 2.16. The highest BCUT2D eigenvalue weighted by molar-refractivity contribution is 5.97. The number of amides is 2.